The van der Waals surface area contributed by atoms with Crippen molar-refractivity contribution in [2.45, 2.75) is 18.6 Å². The predicted molar refractivity (Wildman–Crippen MR) is 76.7 cm³/mol. The number of nitrogens with zero attached hydrogens (tertiary/aromatic N) is 2. The monoisotopic (exact) mass is 321 g/mol. The van der Waals surface area contributed by atoms with Crippen molar-refractivity contribution in [1.82, 2.24) is 9.78 Å². The molecular formula is C14H16BrN3O. The minimum absolute atomic E-state index is 0.114. The van der Waals surface area contributed by atoms with E-state index in [1.165, 1.54) is 11.1 Å². The van der Waals surface area contributed by atoms with Gasteiger partial charge in [0, 0.05) is 7.05 Å². The van der Waals surface area contributed by atoms with Gasteiger partial charge in [-0.3, -0.25) is 4.68 Å². The Morgan fingerprint density at radius 3 is 3.00 bits per heavy atom. The number of aryl methyl sites for hydroxylation is 1. The van der Waals surface area contributed by atoms with Crippen LogP contribution in [0.1, 0.15) is 29.0 Å². The van der Waals surface area contributed by atoms with Crippen LogP contribution < -0.4 is 5.73 Å². The first-order valence-corrected chi connectivity index (χ1v) is 7.10. The highest BCUT2D eigenvalue weighted by Crippen LogP contribution is 2.37. The maximum absolute atomic E-state index is 6.41. The number of aromatic nitrogens is 2. The Kier molecular flexibility index (Phi) is 3.43. The zero-order valence-electron chi connectivity index (χ0n) is 10.7. The average molecular weight is 322 g/mol. The average Bonchev–Trinajstić information content (AvgIpc) is 2.77. The standard InChI is InChI=1S/C14H16BrN3O/c1-18-13(11(15)8-17-18)12(16)14-10-5-3-2-4-9(10)6-7-19-14/h2-5,8,12,14H,6-7,16H2,1H3. The van der Waals surface area contributed by atoms with Gasteiger partial charge in [0.1, 0.15) is 6.10 Å². The summed E-state index contributed by atoms with van der Waals surface area (Å²) >= 11 is 3.51. The minimum Gasteiger partial charge on any atom is -0.371 e. The molecule has 2 aromatic rings. The fourth-order valence-corrected chi connectivity index (χ4v) is 3.27. The van der Waals surface area contributed by atoms with Gasteiger partial charge in [-0.15, -0.1) is 0 Å². The third kappa shape index (κ3) is 2.22. The molecule has 0 saturated heterocycles. The number of nitrogens with two attached hydrogens (primary N) is 1. The van der Waals surface area contributed by atoms with Crippen LogP contribution in [0.3, 0.4) is 0 Å². The van der Waals surface area contributed by atoms with Crippen molar-refractivity contribution < 1.29 is 4.74 Å². The first-order chi connectivity index (χ1) is 9.18. The molecule has 0 amide bonds. The number of benzene rings is 1. The topological polar surface area (TPSA) is 53.1 Å². The molecule has 100 valence electrons. The van der Waals surface area contributed by atoms with Gasteiger partial charge < -0.3 is 10.5 Å². The normalized spacial score (nSPS) is 20.1. The molecule has 2 unspecified atom stereocenters. The van der Waals surface area contributed by atoms with Crippen LogP contribution >= 0.6 is 15.9 Å². The lowest BCUT2D eigenvalue weighted by atomic mass is 9.92. The Morgan fingerprint density at radius 2 is 2.26 bits per heavy atom. The second-order valence-corrected chi connectivity index (χ2v) is 5.62. The molecular weight excluding hydrogens is 306 g/mol. The molecule has 0 fully saturated rings. The quantitative estimate of drug-likeness (QED) is 0.924. The number of rotatable bonds is 2. The van der Waals surface area contributed by atoms with Gasteiger partial charge in [-0.25, -0.2) is 0 Å². The number of hydrogen-bond donors (Lipinski definition) is 1. The van der Waals surface area contributed by atoms with E-state index in [-0.39, 0.29) is 12.1 Å². The van der Waals surface area contributed by atoms with Crippen molar-refractivity contribution in [1.29, 1.82) is 0 Å². The first-order valence-electron chi connectivity index (χ1n) is 6.31. The van der Waals surface area contributed by atoms with Crippen LogP contribution in [-0.2, 0) is 18.2 Å². The molecule has 1 aliphatic rings. The molecule has 2 atom stereocenters. The van der Waals surface area contributed by atoms with Gasteiger partial charge in [-0.2, -0.15) is 5.10 Å². The van der Waals surface area contributed by atoms with Crippen molar-refractivity contribution in [3.05, 3.63) is 51.8 Å². The van der Waals surface area contributed by atoms with Gasteiger partial charge in [0.15, 0.2) is 0 Å². The van der Waals surface area contributed by atoms with Crippen LogP contribution in [0.25, 0.3) is 0 Å². The molecule has 19 heavy (non-hydrogen) atoms. The maximum Gasteiger partial charge on any atom is 0.104 e. The van der Waals surface area contributed by atoms with E-state index in [9.17, 15) is 0 Å². The second-order valence-electron chi connectivity index (χ2n) is 4.77. The van der Waals surface area contributed by atoms with Crippen LogP contribution in [0.2, 0.25) is 0 Å². The zero-order chi connectivity index (χ0) is 13.4. The Morgan fingerprint density at radius 1 is 1.47 bits per heavy atom. The Balaban J connectivity index is 2.00. The summed E-state index contributed by atoms with van der Waals surface area (Å²) in [7, 11) is 1.90. The van der Waals surface area contributed by atoms with E-state index in [1.54, 1.807) is 10.9 Å². The molecule has 0 bridgehead atoms. The summed E-state index contributed by atoms with van der Waals surface area (Å²) in [5.74, 6) is 0. The second kappa shape index (κ2) is 5.07. The molecule has 4 nitrogen and oxygen atoms in total. The molecule has 1 aromatic heterocycles. The SMILES string of the molecule is Cn1ncc(Br)c1C(N)C1OCCc2ccccc21. The molecule has 1 aromatic carbocycles. The van der Waals surface area contributed by atoms with E-state index in [0.29, 0.717) is 6.61 Å². The number of halogens is 1. The van der Waals surface area contributed by atoms with Gasteiger partial charge in [0.2, 0.25) is 0 Å². The summed E-state index contributed by atoms with van der Waals surface area (Å²) in [5.41, 5.74) is 9.89. The molecule has 1 aliphatic heterocycles. The molecule has 0 radical (unpaired) electrons. The van der Waals surface area contributed by atoms with Crippen molar-refractivity contribution in [2.24, 2.45) is 12.8 Å². The smallest absolute Gasteiger partial charge is 0.104 e. The third-order valence-electron chi connectivity index (χ3n) is 3.61. The molecule has 0 spiro atoms. The maximum atomic E-state index is 6.41. The van der Waals surface area contributed by atoms with E-state index in [1.807, 2.05) is 13.1 Å². The Hall–Kier alpha value is -1.17. The highest BCUT2D eigenvalue weighted by molar-refractivity contribution is 9.10. The van der Waals surface area contributed by atoms with Crippen molar-refractivity contribution >= 4 is 15.9 Å². The van der Waals surface area contributed by atoms with Crippen LogP contribution in [0, 0.1) is 0 Å². The summed E-state index contributed by atoms with van der Waals surface area (Å²) in [4.78, 5) is 0. The highest BCUT2D eigenvalue weighted by atomic mass is 79.9. The van der Waals surface area contributed by atoms with Crippen LogP contribution in [-0.4, -0.2) is 16.4 Å². The van der Waals surface area contributed by atoms with Crippen LogP contribution in [0.15, 0.2) is 34.9 Å². The Labute approximate surface area is 120 Å². The van der Waals surface area contributed by atoms with Crippen molar-refractivity contribution in [3.8, 4) is 0 Å². The molecule has 2 heterocycles. The summed E-state index contributed by atoms with van der Waals surface area (Å²) in [6.07, 6.45) is 2.60. The summed E-state index contributed by atoms with van der Waals surface area (Å²) in [6, 6.07) is 8.11. The van der Waals surface area contributed by atoms with Gasteiger partial charge in [0.05, 0.1) is 29.0 Å². The largest absolute Gasteiger partial charge is 0.371 e. The van der Waals surface area contributed by atoms with E-state index in [4.69, 9.17) is 10.5 Å². The van der Waals surface area contributed by atoms with Gasteiger partial charge >= 0.3 is 0 Å². The van der Waals surface area contributed by atoms with Gasteiger partial charge in [0.25, 0.3) is 0 Å². The fraction of sp³-hybridized carbons (Fsp3) is 0.357. The molecule has 0 aliphatic carbocycles. The van der Waals surface area contributed by atoms with Gasteiger partial charge in [-0.05, 0) is 33.5 Å². The minimum atomic E-state index is -0.233. The summed E-state index contributed by atoms with van der Waals surface area (Å²) in [6.45, 7) is 0.713. The molecule has 5 heteroatoms. The Bertz CT molecular complexity index is 577. The lowest BCUT2D eigenvalue weighted by Crippen LogP contribution is -2.29. The predicted octanol–water partition coefficient (Wildman–Crippen LogP) is 2.50. The number of fused-ring (bicyclic) bond motifs is 1. The lowest BCUT2D eigenvalue weighted by molar-refractivity contribution is 0.0223. The zero-order valence-corrected chi connectivity index (χ0v) is 12.3. The summed E-state index contributed by atoms with van der Waals surface area (Å²) < 4.78 is 8.64. The van der Waals surface area contributed by atoms with Crippen LogP contribution in [0.4, 0.5) is 0 Å². The highest BCUT2D eigenvalue weighted by Gasteiger charge is 2.30. The van der Waals surface area contributed by atoms with E-state index in [2.05, 4.69) is 39.2 Å². The molecule has 0 saturated carbocycles. The number of hydrogen-bond acceptors (Lipinski definition) is 3. The summed E-state index contributed by atoms with van der Waals surface area (Å²) in [5, 5.41) is 4.22. The first kappa shape index (κ1) is 12.8. The van der Waals surface area contributed by atoms with E-state index in [0.717, 1.165) is 16.6 Å². The van der Waals surface area contributed by atoms with E-state index >= 15 is 0 Å². The third-order valence-corrected chi connectivity index (χ3v) is 4.22. The molecule has 2 N–H and O–H groups in total. The van der Waals surface area contributed by atoms with E-state index < -0.39 is 0 Å². The number of ether oxygens (including phenoxy) is 1. The fourth-order valence-electron chi connectivity index (χ4n) is 2.66. The molecule has 3 rings (SSSR count). The van der Waals surface area contributed by atoms with Crippen molar-refractivity contribution in [3.63, 3.8) is 0 Å². The lowest BCUT2D eigenvalue weighted by Gasteiger charge is -2.30. The van der Waals surface area contributed by atoms with Crippen molar-refractivity contribution in [2.75, 3.05) is 6.61 Å². The van der Waals surface area contributed by atoms with Crippen LogP contribution in [0.5, 0.6) is 0 Å². The van der Waals surface area contributed by atoms with Gasteiger partial charge in [-0.1, -0.05) is 24.3 Å².